The van der Waals surface area contributed by atoms with Crippen LogP contribution in [0.5, 0.6) is 5.75 Å². The minimum Gasteiger partial charge on any atom is -0.494 e. The summed E-state index contributed by atoms with van der Waals surface area (Å²) in [5.41, 5.74) is 4.23. The molecule has 1 aromatic rings. The second-order valence-electron chi connectivity index (χ2n) is 5.41. The molecule has 0 saturated carbocycles. The number of ether oxygens (including phenoxy) is 1. The van der Waals surface area contributed by atoms with Crippen molar-refractivity contribution >= 4 is 11.6 Å². The van der Waals surface area contributed by atoms with E-state index in [1.54, 1.807) is 0 Å². The number of hydrogen-bond acceptors (Lipinski definition) is 3. The Morgan fingerprint density at radius 1 is 1.10 bits per heavy atom. The lowest BCUT2D eigenvalue weighted by molar-refractivity contribution is -0.119. The molecule has 0 unspecified atom stereocenters. The van der Waals surface area contributed by atoms with Crippen LogP contribution in [0.25, 0.3) is 0 Å². The molecule has 0 aromatic heterocycles. The van der Waals surface area contributed by atoms with Crippen LogP contribution in [0.3, 0.4) is 0 Å². The van der Waals surface area contributed by atoms with Crippen LogP contribution in [0.2, 0.25) is 0 Å². The maximum absolute atomic E-state index is 11.1. The fraction of sp³-hybridized carbons (Fsp3) is 0.529. The molecule has 0 bridgehead atoms. The third-order valence-corrected chi connectivity index (χ3v) is 3.60. The molecular weight excluding hydrogens is 264 g/mol. The van der Waals surface area contributed by atoms with E-state index in [2.05, 4.69) is 17.5 Å². The summed E-state index contributed by atoms with van der Waals surface area (Å²) >= 11 is 0. The molecule has 2 rings (SSSR count). The Hall–Kier alpha value is -1.84. The molecule has 1 heterocycles. The zero-order chi connectivity index (χ0) is 14.9. The van der Waals surface area contributed by atoms with Crippen molar-refractivity contribution in [3.63, 3.8) is 0 Å². The number of hydrazone groups is 1. The summed E-state index contributed by atoms with van der Waals surface area (Å²) in [6.07, 6.45) is 7.97. The third kappa shape index (κ3) is 5.21. The minimum atomic E-state index is -0.0478. The Kier molecular flexibility index (Phi) is 6.25. The zero-order valence-corrected chi connectivity index (χ0v) is 12.7. The van der Waals surface area contributed by atoms with Crippen molar-refractivity contribution in [3.05, 3.63) is 29.8 Å². The molecule has 0 spiro atoms. The Labute approximate surface area is 126 Å². The highest BCUT2D eigenvalue weighted by Gasteiger charge is 2.15. The first-order valence-electron chi connectivity index (χ1n) is 7.88. The van der Waals surface area contributed by atoms with Gasteiger partial charge in [-0.05, 0) is 36.2 Å². The molecule has 0 atom stereocenters. The van der Waals surface area contributed by atoms with Crippen molar-refractivity contribution in [1.29, 1.82) is 0 Å². The largest absolute Gasteiger partial charge is 0.494 e. The fourth-order valence-corrected chi connectivity index (χ4v) is 2.34. The maximum atomic E-state index is 11.1. The van der Waals surface area contributed by atoms with Gasteiger partial charge in [0.2, 0.25) is 5.91 Å². The Morgan fingerprint density at radius 2 is 1.81 bits per heavy atom. The second-order valence-corrected chi connectivity index (χ2v) is 5.41. The van der Waals surface area contributed by atoms with Crippen LogP contribution in [0.1, 0.15) is 57.4 Å². The quantitative estimate of drug-likeness (QED) is 0.705. The van der Waals surface area contributed by atoms with Crippen LogP contribution in [0.15, 0.2) is 29.4 Å². The molecule has 0 fully saturated rings. The number of unbranched alkanes of at least 4 members (excludes halogenated alkanes) is 5. The van der Waals surface area contributed by atoms with Gasteiger partial charge in [-0.3, -0.25) is 4.79 Å². The lowest BCUT2D eigenvalue weighted by Crippen LogP contribution is -2.09. The van der Waals surface area contributed by atoms with Gasteiger partial charge in [-0.1, -0.05) is 39.0 Å². The molecule has 0 radical (unpaired) electrons. The molecule has 4 nitrogen and oxygen atoms in total. The fourth-order valence-electron chi connectivity index (χ4n) is 2.34. The summed E-state index contributed by atoms with van der Waals surface area (Å²) in [5, 5.41) is 4.00. The average Bonchev–Trinajstić information content (AvgIpc) is 2.93. The first-order valence-corrected chi connectivity index (χ1v) is 7.88. The smallest absolute Gasteiger partial charge is 0.246 e. The number of hydrogen-bond donors (Lipinski definition) is 1. The summed E-state index contributed by atoms with van der Waals surface area (Å²) in [7, 11) is 0. The number of amides is 1. The highest BCUT2D eigenvalue weighted by molar-refractivity contribution is 6.13. The molecule has 4 heteroatoms. The molecule has 21 heavy (non-hydrogen) atoms. The Bertz CT molecular complexity index is 480. The van der Waals surface area contributed by atoms with E-state index >= 15 is 0 Å². The number of carbonyl (C=O) groups is 1. The van der Waals surface area contributed by atoms with Crippen molar-refractivity contribution in [2.75, 3.05) is 6.61 Å². The zero-order valence-electron chi connectivity index (χ0n) is 12.7. The van der Waals surface area contributed by atoms with E-state index in [-0.39, 0.29) is 5.91 Å². The van der Waals surface area contributed by atoms with E-state index < -0.39 is 0 Å². The number of nitrogens with zero attached hydrogens (tertiary/aromatic N) is 1. The van der Waals surface area contributed by atoms with Crippen molar-refractivity contribution in [3.8, 4) is 5.75 Å². The summed E-state index contributed by atoms with van der Waals surface area (Å²) in [6.45, 7) is 3.00. The maximum Gasteiger partial charge on any atom is 0.246 e. The highest BCUT2D eigenvalue weighted by Crippen LogP contribution is 2.16. The van der Waals surface area contributed by atoms with Crippen molar-refractivity contribution in [2.24, 2.45) is 5.10 Å². The molecule has 0 saturated heterocycles. The topological polar surface area (TPSA) is 50.7 Å². The molecule has 1 aromatic carbocycles. The van der Waals surface area contributed by atoms with Gasteiger partial charge >= 0.3 is 0 Å². The lowest BCUT2D eigenvalue weighted by atomic mass is 10.1. The van der Waals surface area contributed by atoms with Gasteiger partial charge < -0.3 is 4.74 Å². The number of carbonyl (C=O) groups excluding carboxylic acids is 1. The standard InChI is InChI=1S/C17H24N2O2/c1-2-3-4-5-6-7-12-21-15-10-8-14(9-11-15)16-13-17(20)19-18-16/h8-11H,2-7,12-13H2,1H3,(H,19,20). The van der Waals surface area contributed by atoms with Gasteiger partial charge in [-0.25, -0.2) is 5.43 Å². The first kappa shape index (κ1) is 15.5. The molecule has 114 valence electrons. The normalized spacial score (nSPS) is 14.0. The predicted octanol–water partition coefficient (Wildman–Crippen LogP) is 3.65. The number of rotatable bonds is 9. The van der Waals surface area contributed by atoms with Gasteiger partial charge in [0.1, 0.15) is 5.75 Å². The average molecular weight is 288 g/mol. The Balaban J connectivity index is 1.67. The second kappa shape index (κ2) is 8.45. The van der Waals surface area contributed by atoms with Gasteiger partial charge in [0.15, 0.2) is 0 Å². The summed E-state index contributed by atoms with van der Waals surface area (Å²) in [5.74, 6) is 0.832. The predicted molar refractivity (Wildman–Crippen MR) is 84.6 cm³/mol. The van der Waals surface area contributed by atoms with Crippen LogP contribution in [0, 0.1) is 0 Å². The van der Waals surface area contributed by atoms with Crippen molar-refractivity contribution in [1.82, 2.24) is 5.43 Å². The molecule has 1 amide bonds. The van der Waals surface area contributed by atoms with Crippen molar-refractivity contribution < 1.29 is 9.53 Å². The van der Waals surface area contributed by atoms with Gasteiger partial charge in [-0.2, -0.15) is 5.10 Å². The van der Waals surface area contributed by atoms with E-state index in [0.717, 1.165) is 30.1 Å². The van der Waals surface area contributed by atoms with Gasteiger partial charge in [-0.15, -0.1) is 0 Å². The minimum absolute atomic E-state index is 0.0478. The van der Waals surface area contributed by atoms with Crippen LogP contribution in [-0.4, -0.2) is 18.2 Å². The third-order valence-electron chi connectivity index (χ3n) is 3.60. The van der Waals surface area contributed by atoms with Crippen molar-refractivity contribution in [2.45, 2.75) is 51.9 Å². The summed E-state index contributed by atoms with van der Waals surface area (Å²) in [6, 6.07) is 7.79. The molecule has 1 aliphatic rings. The van der Waals surface area contributed by atoms with Crippen LogP contribution < -0.4 is 10.2 Å². The van der Waals surface area contributed by atoms with Gasteiger partial charge in [0.05, 0.1) is 18.7 Å². The number of nitrogens with one attached hydrogen (secondary N) is 1. The van der Waals surface area contributed by atoms with Crippen LogP contribution in [0.4, 0.5) is 0 Å². The monoisotopic (exact) mass is 288 g/mol. The highest BCUT2D eigenvalue weighted by atomic mass is 16.5. The lowest BCUT2D eigenvalue weighted by Gasteiger charge is -2.07. The van der Waals surface area contributed by atoms with Crippen LogP contribution >= 0.6 is 0 Å². The van der Waals surface area contributed by atoms with Gasteiger partial charge in [0, 0.05) is 0 Å². The molecule has 0 aliphatic carbocycles. The van der Waals surface area contributed by atoms with Crippen LogP contribution in [-0.2, 0) is 4.79 Å². The SMILES string of the molecule is CCCCCCCCOc1ccc(C2=NNC(=O)C2)cc1. The van der Waals surface area contributed by atoms with Gasteiger partial charge in [0.25, 0.3) is 0 Å². The van der Waals surface area contributed by atoms with E-state index in [1.165, 1.54) is 32.1 Å². The molecular formula is C17H24N2O2. The first-order chi connectivity index (χ1) is 10.3. The number of benzene rings is 1. The molecule has 1 N–H and O–H groups in total. The van der Waals surface area contributed by atoms with E-state index in [1.807, 2.05) is 24.3 Å². The summed E-state index contributed by atoms with van der Waals surface area (Å²) < 4.78 is 5.73. The van der Waals surface area contributed by atoms with E-state index in [9.17, 15) is 4.79 Å². The Morgan fingerprint density at radius 3 is 2.48 bits per heavy atom. The molecule has 1 aliphatic heterocycles. The van der Waals surface area contributed by atoms with E-state index in [0.29, 0.717) is 6.42 Å². The summed E-state index contributed by atoms with van der Waals surface area (Å²) in [4.78, 5) is 11.1. The van der Waals surface area contributed by atoms with E-state index in [4.69, 9.17) is 4.74 Å².